The second-order valence-electron chi connectivity index (χ2n) is 9.19. The zero-order valence-corrected chi connectivity index (χ0v) is 18.4. The normalized spacial score (nSPS) is 29.1. The first-order valence-electron chi connectivity index (χ1n) is 11.6. The summed E-state index contributed by atoms with van der Waals surface area (Å²) in [7, 11) is 0. The van der Waals surface area contributed by atoms with Gasteiger partial charge < -0.3 is 4.74 Å². The molecule has 4 rings (SSSR count). The lowest BCUT2D eigenvalue weighted by molar-refractivity contribution is -0.144. The predicted octanol–water partition coefficient (Wildman–Crippen LogP) is 5.15. The van der Waals surface area contributed by atoms with E-state index < -0.39 is 0 Å². The summed E-state index contributed by atoms with van der Waals surface area (Å²) in [6.45, 7) is 10.8. The molecule has 1 aliphatic carbocycles. The van der Waals surface area contributed by atoms with Crippen molar-refractivity contribution in [1.29, 1.82) is 0 Å². The van der Waals surface area contributed by atoms with E-state index in [0.717, 1.165) is 45.8 Å². The molecule has 0 N–H and O–H groups in total. The van der Waals surface area contributed by atoms with Crippen LogP contribution in [0.1, 0.15) is 57.9 Å². The molecule has 1 saturated carbocycles. The average Bonchev–Trinajstić information content (AvgIpc) is 3.21. The third-order valence-electron chi connectivity index (χ3n) is 7.50. The molecule has 0 aromatic heterocycles. The molecule has 1 unspecified atom stereocenters. The van der Waals surface area contributed by atoms with E-state index in [4.69, 9.17) is 4.74 Å². The van der Waals surface area contributed by atoms with Crippen molar-refractivity contribution in [3.05, 3.63) is 59.7 Å². The Morgan fingerprint density at radius 3 is 2.38 bits per heavy atom. The van der Waals surface area contributed by atoms with E-state index >= 15 is 0 Å². The van der Waals surface area contributed by atoms with Crippen molar-refractivity contribution in [2.24, 2.45) is 0 Å². The molecule has 2 saturated heterocycles. The molecule has 3 fully saturated rings. The fourth-order valence-electron chi connectivity index (χ4n) is 5.94. The number of hydrogen-bond acceptors (Lipinski definition) is 3. The second-order valence-corrected chi connectivity index (χ2v) is 9.19. The maximum atomic E-state index is 6.46. The lowest BCUT2D eigenvalue weighted by Crippen LogP contribution is -2.60. The standard InChI is InChI=1S/C26H38N2O/c1-3-10-23(4-2)21-27-16-18-28(19-17-27)26(24-11-6-5-7-12-24)15-20-29-25(22-26)13-8-9-14-25/h3-7,10-12H,8-9,13-22H2,1-2H3/b10-3-,23-4+. The van der Waals surface area contributed by atoms with Gasteiger partial charge in [-0.05, 0) is 50.7 Å². The van der Waals surface area contributed by atoms with Crippen LogP contribution in [0.25, 0.3) is 0 Å². The lowest BCUT2D eigenvalue weighted by Gasteiger charge is -2.54. The van der Waals surface area contributed by atoms with Gasteiger partial charge in [0.1, 0.15) is 0 Å². The molecule has 0 amide bonds. The second kappa shape index (κ2) is 9.16. The molecule has 1 atom stereocenters. The van der Waals surface area contributed by atoms with Crippen molar-refractivity contribution in [3.63, 3.8) is 0 Å². The highest BCUT2D eigenvalue weighted by Crippen LogP contribution is 2.50. The summed E-state index contributed by atoms with van der Waals surface area (Å²) in [4.78, 5) is 5.43. The quantitative estimate of drug-likeness (QED) is 0.643. The Morgan fingerprint density at radius 2 is 1.72 bits per heavy atom. The fourth-order valence-corrected chi connectivity index (χ4v) is 5.94. The molecule has 1 spiro atoms. The highest BCUT2D eigenvalue weighted by Gasteiger charge is 2.51. The first-order valence-corrected chi connectivity index (χ1v) is 11.6. The molecule has 3 aliphatic rings. The van der Waals surface area contributed by atoms with Gasteiger partial charge in [-0.1, -0.05) is 61.4 Å². The molecular formula is C26H38N2O. The molecular weight excluding hydrogens is 356 g/mol. The van der Waals surface area contributed by atoms with Gasteiger partial charge in [-0.3, -0.25) is 9.80 Å². The van der Waals surface area contributed by atoms with Crippen LogP contribution in [0.3, 0.4) is 0 Å². The minimum atomic E-state index is 0.120. The van der Waals surface area contributed by atoms with Gasteiger partial charge in [-0.15, -0.1) is 0 Å². The number of hydrogen-bond donors (Lipinski definition) is 0. The van der Waals surface area contributed by atoms with E-state index in [0.29, 0.717) is 0 Å². The van der Waals surface area contributed by atoms with Gasteiger partial charge in [0.05, 0.1) is 11.1 Å². The van der Waals surface area contributed by atoms with Gasteiger partial charge in [0.2, 0.25) is 0 Å². The van der Waals surface area contributed by atoms with Crippen LogP contribution < -0.4 is 0 Å². The van der Waals surface area contributed by atoms with E-state index in [1.807, 2.05) is 0 Å². The summed E-state index contributed by atoms with van der Waals surface area (Å²) in [5.74, 6) is 0. The molecule has 0 bridgehead atoms. The van der Waals surface area contributed by atoms with Gasteiger partial charge in [-0.25, -0.2) is 0 Å². The molecule has 0 radical (unpaired) electrons. The van der Waals surface area contributed by atoms with Gasteiger partial charge in [0.15, 0.2) is 0 Å². The zero-order valence-electron chi connectivity index (χ0n) is 18.4. The van der Waals surface area contributed by atoms with Crippen LogP contribution in [0, 0.1) is 0 Å². The van der Waals surface area contributed by atoms with Crippen molar-refractivity contribution in [2.45, 2.75) is 63.5 Å². The third-order valence-corrected chi connectivity index (χ3v) is 7.50. The smallest absolute Gasteiger partial charge is 0.0703 e. The SMILES string of the molecule is C/C=C\C(=C/C)CN1CCN(C2(c3ccccc3)CCOC3(CCCC3)C2)CC1. The first-order chi connectivity index (χ1) is 14.2. The summed E-state index contributed by atoms with van der Waals surface area (Å²) >= 11 is 0. The molecule has 3 nitrogen and oxygen atoms in total. The maximum absolute atomic E-state index is 6.46. The van der Waals surface area contributed by atoms with Crippen LogP contribution >= 0.6 is 0 Å². The van der Waals surface area contributed by atoms with Crippen LogP contribution in [0.5, 0.6) is 0 Å². The van der Waals surface area contributed by atoms with Gasteiger partial charge >= 0.3 is 0 Å². The minimum Gasteiger partial charge on any atom is -0.375 e. The Balaban J connectivity index is 1.53. The minimum absolute atomic E-state index is 0.120. The lowest BCUT2D eigenvalue weighted by atomic mass is 9.73. The highest BCUT2D eigenvalue weighted by atomic mass is 16.5. The molecule has 29 heavy (non-hydrogen) atoms. The molecule has 158 valence electrons. The van der Waals surface area contributed by atoms with Crippen LogP contribution in [0.2, 0.25) is 0 Å². The molecule has 3 heteroatoms. The molecule has 2 heterocycles. The number of rotatable bonds is 5. The first kappa shape index (κ1) is 20.8. The Hall–Kier alpha value is -1.42. The summed E-state index contributed by atoms with van der Waals surface area (Å²) < 4.78 is 6.46. The number of benzene rings is 1. The molecule has 2 aliphatic heterocycles. The Labute approximate surface area is 177 Å². The van der Waals surface area contributed by atoms with E-state index in [1.165, 1.54) is 43.2 Å². The number of nitrogens with zero attached hydrogens (tertiary/aromatic N) is 2. The van der Waals surface area contributed by atoms with E-state index in [1.54, 1.807) is 0 Å². The van der Waals surface area contributed by atoms with Crippen LogP contribution in [-0.2, 0) is 10.3 Å². The van der Waals surface area contributed by atoms with Crippen LogP contribution in [0.15, 0.2) is 54.1 Å². The summed E-state index contributed by atoms with van der Waals surface area (Å²) in [6, 6.07) is 11.3. The van der Waals surface area contributed by atoms with E-state index in [-0.39, 0.29) is 11.1 Å². The van der Waals surface area contributed by atoms with Crippen molar-refractivity contribution >= 4 is 0 Å². The largest absolute Gasteiger partial charge is 0.375 e. The zero-order chi connectivity index (χ0) is 20.2. The summed E-state index contributed by atoms with van der Waals surface area (Å²) in [5, 5.41) is 0. The van der Waals surface area contributed by atoms with Crippen LogP contribution in [0.4, 0.5) is 0 Å². The van der Waals surface area contributed by atoms with Gasteiger partial charge in [0.25, 0.3) is 0 Å². The summed E-state index contributed by atoms with van der Waals surface area (Å²) in [6.07, 6.45) is 14.1. The summed E-state index contributed by atoms with van der Waals surface area (Å²) in [5.41, 5.74) is 3.19. The van der Waals surface area contributed by atoms with E-state index in [2.05, 4.69) is 72.2 Å². The number of ether oxygens (including phenoxy) is 1. The van der Waals surface area contributed by atoms with Gasteiger partial charge in [-0.2, -0.15) is 0 Å². The van der Waals surface area contributed by atoms with Crippen molar-refractivity contribution in [3.8, 4) is 0 Å². The van der Waals surface area contributed by atoms with E-state index in [9.17, 15) is 0 Å². The Bertz CT molecular complexity index is 711. The molecule has 1 aromatic carbocycles. The monoisotopic (exact) mass is 394 g/mol. The van der Waals surface area contributed by atoms with Crippen LogP contribution in [-0.4, -0.2) is 54.7 Å². The number of allylic oxidation sites excluding steroid dienone is 2. The topological polar surface area (TPSA) is 15.7 Å². The van der Waals surface area contributed by atoms with Crippen molar-refractivity contribution < 1.29 is 4.74 Å². The van der Waals surface area contributed by atoms with Crippen molar-refractivity contribution in [1.82, 2.24) is 9.80 Å². The third kappa shape index (κ3) is 4.38. The average molecular weight is 395 g/mol. The number of piperazine rings is 1. The fraction of sp³-hybridized carbons (Fsp3) is 0.615. The maximum Gasteiger partial charge on any atom is 0.0703 e. The van der Waals surface area contributed by atoms with Gasteiger partial charge in [0, 0.05) is 39.3 Å². The Morgan fingerprint density at radius 1 is 1.00 bits per heavy atom. The highest BCUT2D eigenvalue weighted by molar-refractivity contribution is 5.27. The predicted molar refractivity (Wildman–Crippen MR) is 121 cm³/mol. The van der Waals surface area contributed by atoms with Crippen molar-refractivity contribution in [2.75, 3.05) is 39.3 Å². The molecule has 1 aromatic rings. The Kier molecular flexibility index (Phi) is 6.58.